The molecule has 1 aromatic rings. The van der Waals surface area contributed by atoms with Gasteiger partial charge in [0.15, 0.2) is 0 Å². The highest BCUT2D eigenvalue weighted by atomic mass is 16.5. The summed E-state index contributed by atoms with van der Waals surface area (Å²) in [5.74, 6) is 0.287. The first-order valence-electron chi connectivity index (χ1n) is 6.39. The highest BCUT2D eigenvalue weighted by Gasteiger charge is 2.11. The van der Waals surface area contributed by atoms with Crippen LogP contribution in [0, 0.1) is 0 Å². The lowest BCUT2D eigenvalue weighted by Crippen LogP contribution is -2.40. The number of hydrogen-bond acceptors (Lipinski definition) is 4. The summed E-state index contributed by atoms with van der Waals surface area (Å²) in [7, 11) is 5.09. The Bertz CT molecular complexity index is 445. The van der Waals surface area contributed by atoms with Gasteiger partial charge in [-0.25, -0.2) is 0 Å². The van der Waals surface area contributed by atoms with Crippen molar-refractivity contribution in [2.75, 3.05) is 40.8 Å². The molecule has 0 fully saturated rings. The smallest absolute Gasteiger partial charge is 0.251 e. The lowest BCUT2D eigenvalue weighted by atomic mass is 10.2. The maximum Gasteiger partial charge on any atom is 0.251 e. The molecule has 0 atom stereocenters. The third-order valence-electron chi connectivity index (χ3n) is 2.88. The molecule has 0 bridgehead atoms. The number of amides is 2. The van der Waals surface area contributed by atoms with Gasteiger partial charge in [0, 0.05) is 25.7 Å². The monoisotopic (exact) mass is 279 g/mol. The van der Waals surface area contributed by atoms with Crippen LogP contribution in [-0.4, -0.2) is 57.6 Å². The van der Waals surface area contributed by atoms with Gasteiger partial charge in [0.05, 0.1) is 13.7 Å². The van der Waals surface area contributed by atoms with Gasteiger partial charge in [0.25, 0.3) is 5.91 Å². The molecule has 1 rings (SSSR count). The molecule has 110 valence electrons. The summed E-state index contributed by atoms with van der Waals surface area (Å²) < 4.78 is 5.02. The molecule has 0 aliphatic rings. The lowest BCUT2D eigenvalue weighted by molar-refractivity contribution is -0.128. The van der Waals surface area contributed by atoms with E-state index in [-0.39, 0.29) is 18.4 Å². The number of nitrogens with zero attached hydrogens (tertiary/aromatic N) is 1. The van der Waals surface area contributed by atoms with E-state index in [1.165, 1.54) is 0 Å². The first kappa shape index (κ1) is 16.0. The largest absolute Gasteiger partial charge is 0.497 e. The number of likely N-dealkylation sites (N-methyl/N-ethyl adjacent to an activating group) is 2. The molecule has 0 radical (unpaired) electrons. The zero-order valence-corrected chi connectivity index (χ0v) is 12.1. The van der Waals surface area contributed by atoms with Crippen molar-refractivity contribution in [3.63, 3.8) is 0 Å². The fraction of sp³-hybridized carbons (Fsp3) is 0.429. The molecule has 0 aliphatic heterocycles. The predicted molar refractivity (Wildman–Crippen MR) is 76.9 cm³/mol. The minimum Gasteiger partial charge on any atom is -0.497 e. The van der Waals surface area contributed by atoms with Crippen LogP contribution in [0.5, 0.6) is 5.75 Å². The van der Waals surface area contributed by atoms with Gasteiger partial charge in [-0.2, -0.15) is 0 Å². The van der Waals surface area contributed by atoms with Gasteiger partial charge in [-0.05, 0) is 31.3 Å². The second-order valence-electron chi connectivity index (χ2n) is 4.33. The Morgan fingerprint density at radius 3 is 2.45 bits per heavy atom. The van der Waals surface area contributed by atoms with Gasteiger partial charge in [0.2, 0.25) is 5.91 Å². The Hall–Kier alpha value is -2.08. The Morgan fingerprint density at radius 1 is 1.25 bits per heavy atom. The van der Waals surface area contributed by atoms with E-state index >= 15 is 0 Å². The summed E-state index contributed by atoms with van der Waals surface area (Å²) in [6.45, 7) is 1.31. The number of carbonyl (C=O) groups is 2. The molecule has 0 saturated heterocycles. The fourth-order valence-corrected chi connectivity index (χ4v) is 1.54. The molecule has 20 heavy (non-hydrogen) atoms. The second-order valence-corrected chi connectivity index (χ2v) is 4.33. The van der Waals surface area contributed by atoms with E-state index in [9.17, 15) is 9.59 Å². The molecule has 6 nitrogen and oxygen atoms in total. The fourth-order valence-electron chi connectivity index (χ4n) is 1.54. The molecule has 0 heterocycles. The van der Waals surface area contributed by atoms with Gasteiger partial charge in [0.1, 0.15) is 5.75 Å². The highest BCUT2D eigenvalue weighted by molar-refractivity contribution is 5.96. The second kappa shape index (κ2) is 8.16. The number of methoxy groups -OCH3 is 1. The normalized spacial score (nSPS) is 9.95. The van der Waals surface area contributed by atoms with Crippen molar-refractivity contribution in [1.29, 1.82) is 0 Å². The van der Waals surface area contributed by atoms with Crippen LogP contribution in [0.1, 0.15) is 10.4 Å². The predicted octanol–water partition coefficient (Wildman–Crippen LogP) is 0.103. The Kier molecular flexibility index (Phi) is 6.52. The SMILES string of the molecule is CNCCN(C)C(=O)CNC(=O)c1ccc(OC)cc1. The molecule has 0 aliphatic carbocycles. The van der Waals surface area contributed by atoms with Crippen LogP contribution in [-0.2, 0) is 4.79 Å². The van der Waals surface area contributed by atoms with Gasteiger partial charge < -0.3 is 20.3 Å². The minimum absolute atomic E-state index is 0.00885. The molecular formula is C14H21N3O3. The number of rotatable bonds is 7. The maximum absolute atomic E-state index is 11.9. The first-order valence-corrected chi connectivity index (χ1v) is 6.39. The standard InChI is InChI=1S/C14H21N3O3/c1-15-8-9-17(2)13(18)10-16-14(19)11-4-6-12(20-3)7-5-11/h4-7,15H,8-10H2,1-3H3,(H,16,19). The van der Waals surface area contributed by atoms with Crippen LogP contribution >= 0.6 is 0 Å². The molecule has 0 saturated carbocycles. The van der Waals surface area contributed by atoms with Crippen LogP contribution in [0.4, 0.5) is 0 Å². The number of benzene rings is 1. The van der Waals surface area contributed by atoms with Crippen molar-refractivity contribution < 1.29 is 14.3 Å². The topological polar surface area (TPSA) is 70.7 Å². The number of carbonyl (C=O) groups excluding carboxylic acids is 2. The quantitative estimate of drug-likeness (QED) is 0.743. The van der Waals surface area contributed by atoms with E-state index in [1.54, 1.807) is 43.3 Å². The van der Waals surface area contributed by atoms with Crippen LogP contribution in [0.3, 0.4) is 0 Å². The van der Waals surface area contributed by atoms with Crippen molar-refractivity contribution in [2.45, 2.75) is 0 Å². The van der Waals surface area contributed by atoms with Crippen molar-refractivity contribution in [2.24, 2.45) is 0 Å². The third-order valence-corrected chi connectivity index (χ3v) is 2.88. The zero-order chi connectivity index (χ0) is 15.0. The summed E-state index contributed by atoms with van der Waals surface area (Å²) in [6, 6.07) is 6.72. The molecule has 0 aromatic heterocycles. The lowest BCUT2D eigenvalue weighted by Gasteiger charge is -2.17. The zero-order valence-electron chi connectivity index (χ0n) is 12.1. The van der Waals surface area contributed by atoms with Gasteiger partial charge in [-0.3, -0.25) is 9.59 Å². The molecule has 1 aromatic carbocycles. The summed E-state index contributed by atoms with van der Waals surface area (Å²) in [5.41, 5.74) is 0.497. The summed E-state index contributed by atoms with van der Waals surface area (Å²) in [4.78, 5) is 25.2. The average Bonchev–Trinajstić information content (AvgIpc) is 2.49. The van der Waals surface area contributed by atoms with E-state index in [1.807, 2.05) is 7.05 Å². The van der Waals surface area contributed by atoms with Crippen LogP contribution in [0.25, 0.3) is 0 Å². The van der Waals surface area contributed by atoms with E-state index < -0.39 is 0 Å². The van der Waals surface area contributed by atoms with E-state index in [0.717, 1.165) is 0 Å². The first-order chi connectivity index (χ1) is 9.58. The van der Waals surface area contributed by atoms with E-state index in [2.05, 4.69) is 10.6 Å². The van der Waals surface area contributed by atoms with Crippen molar-refractivity contribution in [1.82, 2.24) is 15.5 Å². The van der Waals surface area contributed by atoms with Crippen LogP contribution in [0.15, 0.2) is 24.3 Å². The molecule has 0 unspecified atom stereocenters. The summed E-state index contributed by atoms with van der Waals surface area (Å²) in [6.07, 6.45) is 0. The average molecular weight is 279 g/mol. The Labute approximate surface area is 119 Å². The number of hydrogen-bond donors (Lipinski definition) is 2. The van der Waals surface area contributed by atoms with Crippen LogP contribution in [0.2, 0.25) is 0 Å². The Balaban J connectivity index is 2.43. The van der Waals surface area contributed by atoms with Gasteiger partial charge in [-0.1, -0.05) is 0 Å². The van der Waals surface area contributed by atoms with Gasteiger partial charge >= 0.3 is 0 Å². The van der Waals surface area contributed by atoms with Crippen LogP contribution < -0.4 is 15.4 Å². The van der Waals surface area contributed by atoms with Gasteiger partial charge in [-0.15, -0.1) is 0 Å². The molecular weight excluding hydrogens is 258 g/mol. The third kappa shape index (κ3) is 4.89. The summed E-state index contributed by atoms with van der Waals surface area (Å²) >= 11 is 0. The molecule has 2 N–H and O–H groups in total. The van der Waals surface area contributed by atoms with Crippen molar-refractivity contribution in [3.8, 4) is 5.75 Å². The Morgan fingerprint density at radius 2 is 1.90 bits per heavy atom. The number of nitrogens with one attached hydrogen (secondary N) is 2. The van der Waals surface area contributed by atoms with E-state index in [4.69, 9.17) is 4.74 Å². The number of ether oxygens (including phenoxy) is 1. The molecule has 2 amide bonds. The highest BCUT2D eigenvalue weighted by Crippen LogP contribution is 2.10. The molecule has 0 spiro atoms. The van der Waals surface area contributed by atoms with Crippen molar-refractivity contribution >= 4 is 11.8 Å². The molecule has 6 heteroatoms. The minimum atomic E-state index is -0.275. The maximum atomic E-state index is 11.9. The summed E-state index contributed by atoms with van der Waals surface area (Å²) in [5, 5.41) is 5.56. The van der Waals surface area contributed by atoms with Crippen molar-refractivity contribution in [3.05, 3.63) is 29.8 Å². The van der Waals surface area contributed by atoms with E-state index in [0.29, 0.717) is 24.4 Å².